The second-order valence-electron chi connectivity index (χ2n) is 6.74. The van der Waals surface area contributed by atoms with Crippen molar-refractivity contribution in [2.24, 2.45) is 0 Å². The number of carbonyl (C=O) groups excluding carboxylic acids is 1. The molecule has 5 nitrogen and oxygen atoms in total. The van der Waals surface area contributed by atoms with Gasteiger partial charge < -0.3 is 19.4 Å². The molecule has 0 radical (unpaired) electrons. The summed E-state index contributed by atoms with van der Waals surface area (Å²) < 4.78 is 12.3. The third kappa shape index (κ3) is 5.61. The van der Waals surface area contributed by atoms with Gasteiger partial charge in [-0.3, -0.25) is 4.79 Å². The van der Waals surface area contributed by atoms with Gasteiger partial charge in [-0.15, -0.1) is 0 Å². The number of ether oxygens (including phenoxy) is 1. The zero-order valence-corrected chi connectivity index (χ0v) is 16.6. The first kappa shape index (κ1) is 19.0. The van der Waals surface area contributed by atoms with Gasteiger partial charge in [0.25, 0.3) is 5.91 Å². The van der Waals surface area contributed by atoms with Crippen molar-refractivity contribution in [3.05, 3.63) is 52.4 Å². The van der Waals surface area contributed by atoms with Crippen LogP contribution in [0.2, 0.25) is 0 Å². The second-order valence-corrected chi connectivity index (χ2v) is 7.66. The maximum absolute atomic E-state index is 12.4. The number of halogens is 1. The fourth-order valence-electron chi connectivity index (χ4n) is 3.13. The average Bonchev–Trinajstić information content (AvgIpc) is 3.11. The summed E-state index contributed by atoms with van der Waals surface area (Å²) in [5.41, 5.74) is 0. The zero-order chi connectivity index (χ0) is 18.4. The quantitative estimate of drug-likeness (QED) is 0.727. The fraction of sp³-hybridized carbons (Fsp3) is 0.450. The molecule has 0 saturated carbocycles. The Labute approximate surface area is 162 Å². The molecule has 1 saturated heterocycles. The van der Waals surface area contributed by atoms with Gasteiger partial charge in [0.2, 0.25) is 0 Å². The molecule has 0 bridgehead atoms. The predicted molar refractivity (Wildman–Crippen MR) is 104 cm³/mol. The molecule has 0 spiro atoms. The number of amides is 1. The second kappa shape index (κ2) is 9.24. The molecule has 1 atom stereocenters. The highest BCUT2D eigenvalue weighted by Crippen LogP contribution is 2.18. The van der Waals surface area contributed by atoms with E-state index in [0.717, 1.165) is 29.9 Å². The minimum atomic E-state index is -0.176. The third-order valence-corrected chi connectivity index (χ3v) is 4.97. The van der Waals surface area contributed by atoms with Crippen molar-refractivity contribution >= 4 is 21.8 Å². The van der Waals surface area contributed by atoms with Gasteiger partial charge in [-0.2, -0.15) is 0 Å². The molecule has 1 aliphatic rings. The molecule has 3 rings (SSSR count). The van der Waals surface area contributed by atoms with E-state index in [2.05, 4.69) is 26.1 Å². The Balaban J connectivity index is 1.46. The summed E-state index contributed by atoms with van der Waals surface area (Å²) in [6.07, 6.45) is 3.82. The Hall–Kier alpha value is -1.79. The van der Waals surface area contributed by atoms with Gasteiger partial charge in [-0.25, -0.2) is 0 Å². The number of carbonyl (C=O) groups is 1. The van der Waals surface area contributed by atoms with Crippen LogP contribution in [0.25, 0.3) is 0 Å². The molecule has 26 heavy (non-hydrogen) atoms. The third-order valence-electron chi connectivity index (χ3n) is 4.44. The smallest absolute Gasteiger partial charge is 0.287 e. The standard InChI is InChI=1S/C20H25BrN2O3/c1-15(13-23-11-3-2-4-12-23)22-20(24)19-10-9-18(26-19)14-25-17-7-5-16(21)6-8-17/h5-10,15H,2-4,11-14H2,1H3,(H,22,24)/t15-/m0/s1. The number of hydrogen-bond acceptors (Lipinski definition) is 4. The Bertz CT molecular complexity index is 708. The van der Waals surface area contributed by atoms with E-state index in [-0.39, 0.29) is 18.6 Å². The zero-order valence-electron chi connectivity index (χ0n) is 15.0. The molecule has 1 aliphatic heterocycles. The first-order chi connectivity index (χ1) is 12.6. The minimum absolute atomic E-state index is 0.0909. The van der Waals surface area contributed by atoms with Gasteiger partial charge in [0.1, 0.15) is 18.1 Å². The lowest BCUT2D eigenvalue weighted by Crippen LogP contribution is -2.43. The molecule has 2 aromatic rings. The van der Waals surface area contributed by atoms with E-state index in [9.17, 15) is 4.79 Å². The topological polar surface area (TPSA) is 54.7 Å². The number of rotatable bonds is 7. The number of furan rings is 1. The van der Waals surface area contributed by atoms with E-state index in [4.69, 9.17) is 9.15 Å². The molecule has 1 aromatic carbocycles. The van der Waals surface area contributed by atoms with Crippen LogP contribution < -0.4 is 10.1 Å². The molecule has 140 valence electrons. The molecular weight excluding hydrogens is 396 g/mol. The van der Waals surface area contributed by atoms with Crippen LogP contribution in [0.15, 0.2) is 45.3 Å². The van der Waals surface area contributed by atoms with Gasteiger partial charge in [0.05, 0.1) is 0 Å². The molecule has 1 fully saturated rings. The van der Waals surface area contributed by atoms with Crippen LogP contribution in [-0.2, 0) is 6.61 Å². The molecule has 1 amide bonds. The fourth-order valence-corrected chi connectivity index (χ4v) is 3.40. The maximum atomic E-state index is 12.4. The van der Waals surface area contributed by atoms with Crippen LogP contribution in [-0.4, -0.2) is 36.5 Å². The van der Waals surface area contributed by atoms with Crippen molar-refractivity contribution in [2.45, 2.75) is 38.8 Å². The normalized spacial score (nSPS) is 16.2. The summed E-state index contributed by atoms with van der Waals surface area (Å²) in [6.45, 7) is 5.45. The lowest BCUT2D eigenvalue weighted by Gasteiger charge is -2.29. The average molecular weight is 421 g/mol. The van der Waals surface area contributed by atoms with Crippen LogP contribution in [0.5, 0.6) is 5.75 Å². The number of nitrogens with zero attached hydrogens (tertiary/aromatic N) is 1. The van der Waals surface area contributed by atoms with E-state index < -0.39 is 0 Å². The molecule has 0 aliphatic carbocycles. The first-order valence-corrected chi connectivity index (χ1v) is 9.90. The molecular formula is C20H25BrN2O3. The summed E-state index contributed by atoms with van der Waals surface area (Å²) in [5.74, 6) is 1.53. The first-order valence-electron chi connectivity index (χ1n) is 9.10. The van der Waals surface area contributed by atoms with E-state index in [1.54, 1.807) is 12.1 Å². The molecule has 2 heterocycles. The monoisotopic (exact) mass is 420 g/mol. The van der Waals surface area contributed by atoms with Gasteiger partial charge in [0.15, 0.2) is 5.76 Å². The number of nitrogens with one attached hydrogen (secondary N) is 1. The molecule has 1 N–H and O–H groups in total. The van der Waals surface area contributed by atoms with Crippen LogP contribution in [0, 0.1) is 0 Å². The van der Waals surface area contributed by atoms with Crippen LogP contribution >= 0.6 is 15.9 Å². The number of likely N-dealkylation sites (tertiary alicyclic amines) is 1. The highest BCUT2D eigenvalue weighted by Gasteiger charge is 2.17. The van der Waals surface area contributed by atoms with Crippen molar-refractivity contribution in [2.75, 3.05) is 19.6 Å². The van der Waals surface area contributed by atoms with E-state index in [0.29, 0.717) is 11.5 Å². The van der Waals surface area contributed by atoms with Gasteiger partial charge in [-0.1, -0.05) is 22.4 Å². The summed E-state index contributed by atoms with van der Waals surface area (Å²) in [5, 5.41) is 3.02. The largest absolute Gasteiger partial charge is 0.486 e. The Morgan fingerprint density at radius 2 is 1.92 bits per heavy atom. The minimum Gasteiger partial charge on any atom is -0.486 e. The Morgan fingerprint density at radius 1 is 1.19 bits per heavy atom. The number of hydrogen-bond donors (Lipinski definition) is 1. The van der Waals surface area contributed by atoms with E-state index in [1.165, 1.54) is 19.3 Å². The van der Waals surface area contributed by atoms with Gasteiger partial charge >= 0.3 is 0 Å². The van der Waals surface area contributed by atoms with Gasteiger partial charge in [0, 0.05) is 17.1 Å². The summed E-state index contributed by atoms with van der Waals surface area (Å²) in [4.78, 5) is 14.8. The Morgan fingerprint density at radius 3 is 2.65 bits per heavy atom. The molecule has 6 heteroatoms. The summed E-state index contributed by atoms with van der Waals surface area (Å²) >= 11 is 3.39. The van der Waals surface area contributed by atoms with Crippen LogP contribution in [0.4, 0.5) is 0 Å². The van der Waals surface area contributed by atoms with Crippen molar-refractivity contribution in [3.63, 3.8) is 0 Å². The number of benzene rings is 1. The molecule has 1 aromatic heterocycles. The lowest BCUT2D eigenvalue weighted by atomic mass is 10.1. The summed E-state index contributed by atoms with van der Waals surface area (Å²) in [7, 11) is 0. The van der Waals surface area contributed by atoms with Crippen LogP contribution in [0.1, 0.15) is 42.5 Å². The van der Waals surface area contributed by atoms with Crippen LogP contribution in [0.3, 0.4) is 0 Å². The highest BCUT2D eigenvalue weighted by molar-refractivity contribution is 9.10. The Kier molecular flexibility index (Phi) is 6.74. The van der Waals surface area contributed by atoms with Crippen molar-refractivity contribution < 1.29 is 13.9 Å². The maximum Gasteiger partial charge on any atom is 0.287 e. The van der Waals surface area contributed by atoms with E-state index in [1.807, 2.05) is 31.2 Å². The van der Waals surface area contributed by atoms with Crippen molar-refractivity contribution in [1.82, 2.24) is 10.2 Å². The lowest BCUT2D eigenvalue weighted by molar-refractivity contribution is 0.0893. The molecule has 0 unspecified atom stereocenters. The van der Waals surface area contributed by atoms with E-state index >= 15 is 0 Å². The highest BCUT2D eigenvalue weighted by atomic mass is 79.9. The summed E-state index contributed by atoms with van der Waals surface area (Å²) in [6, 6.07) is 11.2. The van der Waals surface area contributed by atoms with Crippen molar-refractivity contribution in [3.8, 4) is 5.75 Å². The SMILES string of the molecule is C[C@@H](CN1CCCCC1)NC(=O)c1ccc(COc2ccc(Br)cc2)o1. The van der Waals surface area contributed by atoms with Gasteiger partial charge in [-0.05, 0) is 69.3 Å². The predicted octanol–water partition coefficient (Wildman–Crippen LogP) is 4.23. The number of piperidine rings is 1. The van der Waals surface area contributed by atoms with Crippen molar-refractivity contribution in [1.29, 1.82) is 0 Å².